The lowest BCUT2D eigenvalue weighted by atomic mass is 10.1. The van der Waals surface area contributed by atoms with Gasteiger partial charge in [-0.25, -0.2) is 4.39 Å². The number of para-hydroxylation sites is 2. The van der Waals surface area contributed by atoms with Crippen molar-refractivity contribution in [1.82, 2.24) is 10.9 Å². The molecule has 1 atom stereocenters. The van der Waals surface area contributed by atoms with Crippen LogP contribution in [0.3, 0.4) is 0 Å². The second kappa shape index (κ2) is 9.96. The average Bonchev–Trinajstić information content (AvgIpc) is 2.71. The molecule has 2 rings (SSSR count). The minimum atomic E-state index is -1.01. The molecule has 0 bridgehead atoms. The van der Waals surface area contributed by atoms with Crippen molar-refractivity contribution in [2.24, 2.45) is 0 Å². The summed E-state index contributed by atoms with van der Waals surface area (Å²) in [4.78, 5) is 23.9. The predicted molar refractivity (Wildman–Crippen MR) is 101 cm³/mol. The van der Waals surface area contributed by atoms with Gasteiger partial charge >= 0.3 is 0 Å². The zero-order valence-corrected chi connectivity index (χ0v) is 15.7. The Hall–Kier alpha value is -3.55. The number of ether oxygens (including phenoxy) is 3. The van der Waals surface area contributed by atoms with Gasteiger partial charge in [-0.15, -0.1) is 0 Å². The first-order chi connectivity index (χ1) is 13.5. The third-order valence-electron chi connectivity index (χ3n) is 3.67. The molecule has 0 radical (unpaired) electrons. The highest BCUT2D eigenvalue weighted by Crippen LogP contribution is 2.31. The number of rotatable bonds is 7. The number of methoxy groups -OCH3 is 2. The Bertz CT molecular complexity index is 869. The van der Waals surface area contributed by atoms with E-state index in [9.17, 15) is 14.0 Å². The van der Waals surface area contributed by atoms with Crippen molar-refractivity contribution in [3.8, 4) is 17.2 Å². The van der Waals surface area contributed by atoms with E-state index in [4.69, 9.17) is 14.2 Å². The standard InChI is InChI=1S/C20H21FN2O5/c1-13(28-16-9-5-4-8-15(16)21)20(25)23-22-18(24)12-11-14-7-6-10-17(26-2)19(14)27-3/h4-13H,1-3H3,(H,22,24)(H,23,25)/b12-11+/t13-/m0/s1. The van der Waals surface area contributed by atoms with Crippen molar-refractivity contribution in [2.75, 3.05) is 14.2 Å². The molecule has 0 aliphatic rings. The number of hydrogen-bond acceptors (Lipinski definition) is 5. The van der Waals surface area contributed by atoms with Gasteiger partial charge in [-0.1, -0.05) is 24.3 Å². The largest absolute Gasteiger partial charge is 0.493 e. The fourth-order valence-corrected chi connectivity index (χ4v) is 2.26. The first-order valence-corrected chi connectivity index (χ1v) is 8.36. The first kappa shape index (κ1) is 20.8. The highest BCUT2D eigenvalue weighted by atomic mass is 19.1. The van der Waals surface area contributed by atoms with Crippen molar-refractivity contribution in [1.29, 1.82) is 0 Å². The normalized spacial score (nSPS) is 11.6. The second-order valence-electron chi connectivity index (χ2n) is 5.59. The van der Waals surface area contributed by atoms with Crippen LogP contribution in [-0.2, 0) is 9.59 Å². The molecule has 0 aliphatic heterocycles. The lowest BCUT2D eigenvalue weighted by molar-refractivity contribution is -0.131. The zero-order valence-electron chi connectivity index (χ0n) is 15.7. The Balaban J connectivity index is 1.91. The highest BCUT2D eigenvalue weighted by Gasteiger charge is 2.16. The average molecular weight is 388 g/mol. The molecule has 2 N–H and O–H groups in total. The van der Waals surface area contributed by atoms with Gasteiger partial charge in [-0.05, 0) is 31.2 Å². The number of nitrogens with one attached hydrogen (secondary N) is 2. The van der Waals surface area contributed by atoms with E-state index in [1.807, 2.05) is 0 Å². The van der Waals surface area contributed by atoms with Gasteiger partial charge in [-0.2, -0.15) is 0 Å². The van der Waals surface area contributed by atoms with E-state index in [0.717, 1.165) is 0 Å². The van der Waals surface area contributed by atoms with Crippen LogP contribution in [0.1, 0.15) is 12.5 Å². The van der Waals surface area contributed by atoms with Gasteiger partial charge in [0.05, 0.1) is 14.2 Å². The monoisotopic (exact) mass is 388 g/mol. The molecule has 2 aromatic carbocycles. The van der Waals surface area contributed by atoms with E-state index in [1.54, 1.807) is 24.3 Å². The summed E-state index contributed by atoms with van der Waals surface area (Å²) in [5, 5.41) is 0. The van der Waals surface area contributed by atoms with Gasteiger partial charge in [-0.3, -0.25) is 20.4 Å². The molecule has 0 saturated heterocycles. The van der Waals surface area contributed by atoms with Crippen LogP contribution < -0.4 is 25.1 Å². The maximum absolute atomic E-state index is 13.6. The van der Waals surface area contributed by atoms with E-state index in [2.05, 4.69) is 10.9 Å². The molecule has 0 saturated carbocycles. The van der Waals surface area contributed by atoms with Gasteiger partial charge in [0.15, 0.2) is 29.2 Å². The number of carbonyl (C=O) groups is 2. The molecule has 0 fully saturated rings. The molecule has 0 aliphatic carbocycles. The van der Waals surface area contributed by atoms with Crippen LogP contribution in [-0.4, -0.2) is 32.1 Å². The Labute approximate surface area is 162 Å². The molecule has 28 heavy (non-hydrogen) atoms. The van der Waals surface area contributed by atoms with E-state index in [-0.39, 0.29) is 5.75 Å². The van der Waals surface area contributed by atoms with Crippen molar-refractivity contribution >= 4 is 17.9 Å². The van der Waals surface area contributed by atoms with Crippen molar-refractivity contribution in [2.45, 2.75) is 13.0 Å². The summed E-state index contributed by atoms with van der Waals surface area (Å²) in [6.07, 6.45) is 1.72. The number of amides is 2. The van der Waals surface area contributed by atoms with Crippen molar-refractivity contribution in [3.63, 3.8) is 0 Å². The van der Waals surface area contributed by atoms with Crippen LogP contribution in [0.4, 0.5) is 4.39 Å². The minimum absolute atomic E-state index is 0.0542. The fourth-order valence-electron chi connectivity index (χ4n) is 2.26. The Kier molecular flexibility index (Phi) is 7.38. The number of benzene rings is 2. The third kappa shape index (κ3) is 5.47. The highest BCUT2D eigenvalue weighted by molar-refractivity contribution is 5.94. The molecule has 2 amide bonds. The van der Waals surface area contributed by atoms with E-state index in [0.29, 0.717) is 17.1 Å². The Morgan fingerprint density at radius 1 is 1.00 bits per heavy atom. The van der Waals surface area contributed by atoms with Gasteiger partial charge in [0.2, 0.25) is 0 Å². The molecule has 148 valence electrons. The Morgan fingerprint density at radius 2 is 1.71 bits per heavy atom. The summed E-state index contributed by atoms with van der Waals surface area (Å²) in [5.41, 5.74) is 5.07. The molecular formula is C20H21FN2O5. The molecule has 0 spiro atoms. The van der Waals surface area contributed by atoms with E-state index < -0.39 is 23.7 Å². The van der Waals surface area contributed by atoms with Crippen LogP contribution in [0.15, 0.2) is 48.5 Å². The van der Waals surface area contributed by atoms with Gasteiger partial charge in [0.25, 0.3) is 11.8 Å². The van der Waals surface area contributed by atoms with E-state index in [1.165, 1.54) is 51.5 Å². The summed E-state index contributed by atoms with van der Waals surface area (Å²) < 4.78 is 29.2. The molecule has 0 unspecified atom stereocenters. The van der Waals surface area contributed by atoms with Crippen molar-refractivity contribution < 1.29 is 28.2 Å². The minimum Gasteiger partial charge on any atom is -0.493 e. The lowest BCUT2D eigenvalue weighted by Crippen LogP contribution is -2.46. The maximum atomic E-state index is 13.6. The van der Waals surface area contributed by atoms with Gasteiger partial charge in [0.1, 0.15) is 0 Å². The van der Waals surface area contributed by atoms with Crippen LogP contribution in [0.2, 0.25) is 0 Å². The van der Waals surface area contributed by atoms with Gasteiger partial charge < -0.3 is 14.2 Å². The van der Waals surface area contributed by atoms with Gasteiger partial charge in [0, 0.05) is 11.6 Å². The maximum Gasteiger partial charge on any atom is 0.279 e. The smallest absolute Gasteiger partial charge is 0.279 e. The van der Waals surface area contributed by atoms with Crippen LogP contribution in [0.5, 0.6) is 17.2 Å². The quantitative estimate of drug-likeness (QED) is 0.562. The third-order valence-corrected chi connectivity index (χ3v) is 3.67. The molecule has 0 heterocycles. The van der Waals surface area contributed by atoms with Crippen LogP contribution in [0, 0.1) is 5.82 Å². The SMILES string of the molecule is COc1cccc(/C=C/C(=O)NNC(=O)[C@H](C)Oc2ccccc2F)c1OC. The fraction of sp³-hybridized carbons (Fsp3) is 0.200. The van der Waals surface area contributed by atoms with E-state index >= 15 is 0 Å². The molecule has 8 heteroatoms. The number of carbonyl (C=O) groups excluding carboxylic acids is 2. The number of halogens is 1. The molecule has 7 nitrogen and oxygen atoms in total. The van der Waals surface area contributed by atoms with Crippen molar-refractivity contribution in [3.05, 3.63) is 59.9 Å². The summed E-state index contributed by atoms with van der Waals surface area (Å²) in [6.45, 7) is 1.44. The number of hydrogen-bond donors (Lipinski definition) is 2. The predicted octanol–water partition coefficient (Wildman–Crippen LogP) is 2.47. The second-order valence-corrected chi connectivity index (χ2v) is 5.59. The molecule has 2 aromatic rings. The zero-order chi connectivity index (χ0) is 20.5. The topological polar surface area (TPSA) is 85.9 Å². The Morgan fingerprint density at radius 3 is 2.39 bits per heavy atom. The summed E-state index contributed by atoms with van der Waals surface area (Å²) >= 11 is 0. The summed E-state index contributed by atoms with van der Waals surface area (Å²) in [6, 6.07) is 10.9. The summed E-state index contributed by atoms with van der Waals surface area (Å²) in [7, 11) is 3.00. The molecule has 0 aromatic heterocycles. The first-order valence-electron chi connectivity index (χ1n) is 8.36. The van der Waals surface area contributed by atoms with Crippen LogP contribution >= 0.6 is 0 Å². The summed E-state index contributed by atoms with van der Waals surface area (Å²) in [5.74, 6) is -0.842. The number of hydrazine groups is 1. The lowest BCUT2D eigenvalue weighted by Gasteiger charge is -2.15. The van der Waals surface area contributed by atoms with Crippen LogP contribution in [0.25, 0.3) is 6.08 Å². The molecular weight excluding hydrogens is 367 g/mol.